The van der Waals surface area contributed by atoms with Crippen molar-refractivity contribution in [2.24, 2.45) is 0 Å². The van der Waals surface area contributed by atoms with Gasteiger partial charge >= 0.3 is 0 Å². The van der Waals surface area contributed by atoms with Crippen LogP contribution in [0.2, 0.25) is 0 Å². The van der Waals surface area contributed by atoms with Gasteiger partial charge in [0.25, 0.3) is 0 Å². The number of benzene rings is 2. The van der Waals surface area contributed by atoms with Crippen LogP contribution in [-0.2, 0) is 4.79 Å². The van der Waals surface area contributed by atoms with E-state index >= 15 is 0 Å². The number of nitrogens with one attached hydrogen (secondary N) is 1. The second-order valence-corrected chi connectivity index (χ2v) is 6.51. The first-order valence-electron chi connectivity index (χ1n) is 8.56. The van der Waals surface area contributed by atoms with E-state index in [1.807, 2.05) is 50.2 Å². The Morgan fingerprint density at radius 3 is 2.46 bits per heavy atom. The van der Waals surface area contributed by atoms with E-state index in [2.05, 4.69) is 25.2 Å². The van der Waals surface area contributed by atoms with Crippen LogP contribution < -0.4 is 10.1 Å². The molecule has 2 aromatic rings. The minimum Gasteiger partial charge on any atom is -0.494 e. The lowest BCUT2D eigenvalue weighted by molar-refractivity contribution is -0.116. The van der Waals surface area contributed by atoms with Crippen LogP contribution in [0, 0.1) is 13.8 Å². The lowest BCUT2D eigenvalue weighted by Gasteiger charge is -2.16. The molecule has 0 fully saturated rings. The zero-order valence-electron chi connectivity index (χ0n) is 15.1. The maximum atomic E-state index is 12.2. The van der Waals surface area contributed by atoms with Crippen molar-refractivity contribution < 1.29 is 9.53 Å². The van der Waals surface area contributed by atoms with Crippen LogP contribution in [0.5, 0.6) is 5.75 Å². The van der Waals surface area contributed by atoms with E-state index in [1.165, 1.54) is 11.1 Å². The Morgan fingerprint density at radius 1 is 1.08 bits per heavy atom. The maximum absolute atomic E-state index is 12.2. The summed E-state index contributed by atoms with van der Waals surface area (Å²) in [7, 11) is 0. The van der Waals surface area contributed by atoms with E-state index in [0.717, 1.165) is 17.0 Å². The summed E-state index contributed by atoms with van der Waals surface area (Å²) in [5.74, 6) is 1.27. The van der Waals surface area contributed by atoms with Crippen molar-refractivity contribution in [2.75, 3.05) is 11.9 Å². The molecule has 3 heteroatoms. The van der Waals surface area contributed by atoms with E-state index < -0.39 is 0 Å². The average Bonchev–Trinajstić information content (AvgIpc) is 2.55. The Labute approximate surface area is 145 Å². The second kappa shape index (κ2) is 8.53. The molecule has 24 heavy (non-hydrogen) atoms. The molecule has 0 heterocycles. The number of ether oxygens (including phenoxy) is 1. The number of rotatable bonds is 7. The maximum Gasteiger partial charge on any atom is 0.224 e. The monoisotopic (exact) mass is 325 g/mol. The fraction of sp³-hybridized carbons (Fsp3) is 0.381. The zero-order chi connectivity index (χ0) is 17.5. The van der Waals surface area contributed by atoms with Crippen molar-refractivity contribution in [1.82, 2.24) is 0 Å². The molecular weight excluding hydrogens is 298 g/mol. The molecule has 0 atom stereocenters. The summed E-state index contributed by atoms with van der Waals surface area (Å²) in [6, 6.07) is 14.1. The quantitative estimate of drug-likeness (QED) is 0.708. The minimum atomic E-state index is 0.0405. The molecule has 0 saturated carbocycles. The number of carbonyl (C=O) groups is 1. The third-order valence-corrected chi connectivity index (χ3v) is 4.03. The second-order valence-electron chi connectivity index (χ2n) is 6.51. The molecule has 0 aromatic heterocycles. The molecule has 0 saturated heterocycles. The van der Waals surface area contributed by atoms with Gasteiger partial charge in [0.2, 0.25) is 5.91 Å². The van der Waals surface area contributed by atoms with Crippen molar-refractivity contribution in [3.63, 3.8) is 0 Å². The molecule has 0 aliphatic heterocycles. The van der Waals surface area contributed by atoms with Crippen LogP contribution in [0.1, 0.15) is 49.3 Å². The topological polar surface area (TPSA) is 38.3 Å². The first-order valence-corrected chi connectivity index (χ1v) is 8.56. The third-order valence-electron chi connectivity index (χ3n) is 4.03. The Bertz CT molecular complexity index is 675. The molecule has 1 N–H and O–H groups in total. The predicted octanol–water partition coefficient (Wildman–Crippen LogP) is 5.22. The van der Waals surface area contributed by atoms with Crippen molar-refractivity contribution in [2.45, 2.75) is 46.5 Å². The Hall–Kier alpha value is -2.29. The number of para-hydroxylation sites is 1. The van der Waals surface area contributed by atoms with Gasteiger partial charge in [0, 0.05) is 12.1 Å². The smallest absolute Gasteiger partial charge is 0.224 e. The van der Waals surface area contributed by atoms with Gasteiger partial charge in [-0.05, 0) is 49.4 Å². The molecule has 0 aliphatic carbocycles. The summed E-state index contributed by atoms with van der Waals surface area (Å²) >= 11 is 0. The van der Waals surface area contributed by atoms with Crippen LogP contribution in [0.25, 0.3) is 0 Å². The number of hydrogen-bond acceptors (Lipinski definition) is 2. The summed E-state index contributed by atoms with van der Waals surface area (Å²) in [5.41, 5.74) is 4.45. The molecule has 0 bridgehead atoms. The van der Waals surface area contributed by atoms with E-state index in [9.17, 15) is 4.79 Å². The minimum absolute atomic E-state index is 0.0405. The third kappa shape index (κ3) is 5.12. The fourth-order valence-electron chi connectivity index (χ4n) is 2.60. The molecule has 0 unspecified atom stereocenters. The Kier molecular flexibility index (Phi) is 6.42. The molecule has 0 aliphatic rings. The van der Waals surface area contributed by atoms with Crippen LogP contribution in [0.15, 0.2) is 42.5 Å². The van der Waals surface area contributed by atoms with E-state index in [1.54, 1.807) is 0 Å². The largest absolute Gasteiger partial charge is 0.494 e. The molecule has 2 rings (SSSR count). The zero-order valence-corrected chi connectivity index (χ0v) is 15.1. The Morgan fingerprint density at radius 2 is 1.79 bits per heavy atom. The first-order chi connectivity index (χ1) is 11.5. The normalized spacial score (nSPS) is 10.7. The summed E-state index contributed by atoms with van der Waals surface area (Å²) in [6.07, 6.45) is 1.15. The Balaban J connectivity index is 1.82. The molecule has 3 nitrogen and oxygen atoms in total. The molecule has 1 amide bonds. The van der Waals surface area contributed by atoms with E-state index in [4.69, 9.17) is 4.74 Å². The van der Waals surface area contributed by atoms with Crippen molar-refractivity contribution in [1.29, 1.82) is 0 Å². The lowest BCUT2D eigenvalue weighted by Crippen LogP contribution is -2.15. The van der Waals surface area contributed by atoms with Crippen LogP contribution >= 0.6 is 0 Å². The summed E-state index contributed by atoms with van der Waals surface area (Å²) < 4.78 is 5.67. The van der Waals surface area contributed by atoms with Crippen molar-refractivity contribution in [3.05, 3.63) is 59.2 Å². The molecular formula is C21H27NO2. The van der Waals surface area contributed by atoms with Gasteiger partial charge in [0.1, 0.15) is 5.75 Å². The number of aryl methyl sites for hydroxylation is 2. The highest BCUT2D eigenvalue weighted by Gasteiger charge is 2.11. The van der Waals surface area contributed by atoms with Gasteiger partial charge in [-0.3, -0.25) is 4.79 Å². The molecule has 0 spiro atoms. The van der Waals surface area contributed by atoms with Crippen LogP contribution in [-0.4, -0.2) is 12.5 Å². The van der Waals surface area contributed by atoms with Gasteiger partial charge in [-0.15, -0.1) is 0 Å². The van der Waals surface area contributed by atoms with Crippen LogP contribution in [0.4, 0.5) is 5.69 Å². The number of carbonyl (C=O) groups excluding carboxylic acids is 1. The molecule has 0 radical (unpaired) electrons. The predicted molar refractivity (Wildman–Crippen MR) is 99.8 cm³/mol. The summed E-state index contributed by atoms with van der Waals surface area (Å²) in [4.78, 5) is 12.2. The fourth-order valence-corrected chi connectivity index (χ4v) is 2.60. The van der Waals surface area contributed by atoms with Crippen molar-refractivity contribution in [3.8, 4) is 5.75 Å². The highest BCUT2D eigenvalue weighted by molar-refractivity contribution is 5.92. The average molecular weight is 325 g/mol. The summed E-state index contributed by atoms with van der Waals surface area (Å²) in [5, 5.41) is 3.07. The van der Waals surface area contributed by atoms with Gasteiger partial charge in [-0.1, -0.05) is 49.7 Å². The van der Waals surface area contributed by atoms with Gasteiger partial charge in [0.05, 0.1) is 6.61 Å². The first kappa shape index (κ1) is 18.1. The SMILES string of the molecule is Cc1ccc(OCCCC(=O)Nc2c(C)cccc2C(C)C)cc1. The number of hydrogen-bond donors (Lipinski definition) is 1. The van der Waals surface area contributed by atoms with Crippen LogP contribution in [0.3, 0.4) is 0 Å². The van der Waals surface area contributed by atoms with Crippen molar-refractivity contribution >= 4 is 11.6 Å². The number of anilines is 1. The van der Waals surface area contributed by atoms with E-state index in [-0.39, 0.29) is 5.91 Å². The van der Waals surface area contributed by atoms with Gasteiger partial charge in [0.15, 0.2) is 0 Å². The summed E-state index contributed by atoms with van der Waals surface area (Å²) in [6.45, 7) is 8.90. The van der Waals surface area contributed by atoms with Gasteiger partial charge in [-0.2, -0.15) is 0 Å². The molecule has 128 valence electrons. The van der Waals surface area contributed by atoms with Gasteiger partial charge in [-0.25, -0.2) is 0 Å². The standard InChI is InChI=1S/C21H27NO2/c1-15(2)19-8-5-7-17(4)21(19)22-20(23)9-6-14-24-18-12-10-16(3)11-13-18/h5,7-8,10-13,15H,6,9,14H2,1-4H3,(H,22,23). The highest BCUT2D eigenvalue weighted by Crippen LogP contribution is 2.27. The lowest BCUT2D eigenvalue weighted by atomic mass is 9.98. The van der Waals surface area contributed by atoms with Gasteiger partial charge < -0.3 is 10.1 Å². The molecule has 2 aromatic carbocycles. The number of amides is 1. The highest BCUT2D eigenvalue weighted by atomic mass is 16.5. The van der Waals surface area contributed by atoms with E-state index in [0.29, 0.717) is 25.4 Å².